The third kappa shape index (κ3) is 2.80. The van der Waals surface area contributed by atoms with Crippen molar-refractivity contribution in [1.82, 2.24) is 10.2 Å². The van der Waals surface area contributed by atoms with Crippen LogP contribution in [0.15, 0.2) is 30.3 Å². The van der Waals surface area contributed by atoms with Crippen molar-refractivity contribution in [1.29, 1.82) is 0 Å². The monoisotopic (exact) mass is 268 g/mol. The molecule has 0 radical (unpaired) electrons. The van der Waals surface area contributed by atoms with Crippen LogP contribution in [0.25, 0.3) is 11.3 Å². The molecular weight excluding hydrogens is 248 g/mol. The summed E-state index contributed by atoms with van der Waals surface area (Å²) in [7, 11) is 0. The minimum atomic E-state index is 0.105. The number of rotatable bonds is 4. The first kappa shape index (κ1) is 13.1. The second-order valence-corrected chi connectivity index (χ2v) is 5.50. The van der Waals surface area contributed by atoms with E-state index in [-0.39, 0.29) is 6.04 Å². The van der Waals surface area contributed by atoms with Crippen LogP contribution in [0.5, 0.6) is 0 Å². The lowest BCUT2D eigenvalue weighted by molar-refractivity contribution is 0.775. The smallest absolute Gasteiger partial charge is 0.148 e. The fraction of sp³-hybridized carbons (Fsp3) is 0.375. The molecule has 0 aliphatic heterocycles. The van der Waals surface area contributed by atoms with Crippen molar-refractivity contribution in [2.75, 3.05) is 11.9 Å². The molecule has 0 spiro atoms. The lowest BCUT2D eigenvalue weighted by Crippen LogP contribution is -2.25. The molecule has 0 amide bonds. The Labute approximate surface area is 119 Å². The Morgan fingerprint density at radius 2 is 2.00 bits per heavy atom. The zero-order valence-corrected chi connectivity index (χ0v) is 11.8. The van der Waals surface area contributed by atoms with Crippen LogP contribution in [0.4, 0.5) is 5.82 Å². The van der Waals surface area contributed by atoms with Crippen molar-refractivity contribution in [2.24, 2.45) is 5.73 Å². The van der Waals surface area contributed by atoms with Gasteiger partial charge < -0.3 is 11.1 Å². The summed E-state index contributed by atoms with van der Waals surface area (Å²) in [6.07, 6.45) is 3.66. The van der Waals surface area contributed by atoms with Gasteiger partial charge in [-0.1, -0.05) is 12.1 Å². The van der Waals surface area contributed by atoms with Crippen molar-refractivity contribution in [2.45, 2.75) is 32.2 Å². The van der Waals surface area contributed by atoms with Crippen LogP contribution in [0.3, 0.4) is 0 Å². The first-order valence-electron chi connectivity index (χ1n) is 7.18. The predicted molar refractivity (Wildman–Crippen MR) is 81.6 cm³/mol. The highest BCUT2D eigenvalue weighted by atomic mass is 15.2. The Hall–Kier alpha value is -1.94. The third-order valence-electron chi connectivity index (χ3n) is 3.66. The van der Waals surface area contributed by atoms with Gasteiger partial charge in [0.25, 0.3) is 0 Å². The Morgan fingerprint density at radius 1 is 1.15 bits per heavy atom. The number of aryl methyl sites for hydroxylation is 2. The number of hydrogen-bond acceptors (Lipinski definition) is 4. The first-order valence-corrected chi connectivity index (χ1v) is 7.18. The molecule has 1 aromatic heterocycles. The van der Waals surface area contributed by atoms with Crippen LogP contribution < -0.4 is 11.1 Å². The highest BCUT2D eigenvalue weighted by Gasteiger charge is 2.12. The number of fused-ring (bicyclic) bond motifs is 1. The molecule has 1 aromatic carbocycles. The Kier molecular flexibility index (Phi) is 3.65. The van der Waals surface area contributed by atoms with E-state index in [2.05, 4.69) is 33.7 Å². The molecular formula is C16H20N4. The molecule has 0 fully saturated rings. The molecule has 0 saturated heterocycles. The maximum Gasteiger partial charge on any atom is 0.148 e. The van der Waals surface area contributed by atoms with Gasteiger partial charge in [0.15, 0.2) is 0 Å². The molecule has 20 heavy (non-hydrogen) atoms. The molecule has 3 rings (SSSR count). The van der Waals surface area contributed by atoms with Gasteiger partial charge in [-0.3, -0.25) is 0 Å². The number of benzene rings is 1. The zero-order chi connectivity index (χ0) is 13.9. The molecule has 4 heteroatoms. The van der Waals surface area contributed by atoms with Gasteiger partial charge in [-0.25, -0.2) is 0 Å². The molecule has 1 aliphatic carbocycles. The molecule has 2 aromatic rings. The fourth-order valence-electron chi connectivity index (χ4n) is 2.58. The minimum Gasteiger partial charge on any atom is -0.367 e. The summed E-state index contributed by atoms with van der Waals surface area (Å²) in [5.74, 6) is 0.771. The lowest BCUT2D eigenvalue weighted by Gasteiger charge is -2.08. The van der Waals surface area contributed by atoms with Crippen molar-refractivity contribution in [3.63, 3.8) is 0 Å². The van der Waals surface area contributed by atoms with E-state index in [9.17, 15) is 0 Å². The van der Waals surface area contributed by atoms with Crippen LogP contribution in [0.1, 0.15) is 24.5 Å². The van der Waals surface area contributed by atoms with Gasteiger partial charge in [0, 0.05) is 18.2 Å². The van der Waals surface area contributed by atoms with E-state index in [4.69, 9.17) is 5.73 Å². The summed E-state index contributed by atoms with van der Waals surface area (Å²) in [5, 5.41) is 11.7. The van der Waals surface area contributed by atoms with Gasteiger partial charge >= 0.3 is 0 Å². The SMILES string of the molecule is CC(N)CNc1ccc(-c2ccc3c(c2)CCC3)nn1. The number of nitrogens with one attached hydrogen (secondary N) is 1. The molecule has 104 valence electrons. The van der Waals surface area contributed by atoms with Crippen LogP contribution in [-0.2, 0) is 12.8 Å². The molecule has 1 unspecified atom stereocenters. The minimum absolute atomic E-state index is 0.105. The van der Waals surface area contributed by atoms with E-state index >= 15 is 0 Å². The second-order valence-electron chi connectivity index (χ2n) is 5.50. The summed E-state index contributed by atoms with van der Waals surface area (Å²) in [4.78, 5) is 0. The standard InChI is InChI=1S/C16H20N4/c1-11(17)10-18-16-8-7-15(19-20-16)14-6-5-12-3-2-4-13(12)9-14/h5-9,11H,2-4,10,17H2,1H3,(H,18,20). The van der Waals surface area contributed by atoms with Gasteiger partial charge in [-0.2, -0.15) is 0 Å². The summed E-state index contributed by atoms with van der Waals surface area (Å²) >= 11 is 0. The van der Waals surface area contributed by atoms with Crippen molar-refractivity contribution >= 4 is 5.82 Å². The van der Waals surface area contributed by atoms with Crippen LogP contribution in [-0.4, -0.2) is 22.8 Å². The summed E-state index contributed by atoms with van der Waals surface area (Å²) in [5.41, 5.74) is 10.7. The molecule has 4 nitrogen and oxygen atoms in total. The Balaban J connectivity index is 1.77. The maximum absolute atomic E-state index is 5.70. The number of anilines is 1. The van der Waals surface area contributed by atoms with Crippen molar-refractivity contribution in [3.8, 4) is 11.3 Å². The highest BCUT2D eigenvalue weighted by Crippen LogP contribution is 2.27. The van der Waals surface area contributed by atoms with Crippen molar-refractivity contribution in [3.05, 3.63) is 41.5 Å². The molecule has 3 N–H and O–H groups in total. The van der Waals surface area contributed by atoms with Crippen LogP contribution >= 0.6 is 0 Å². The molecule has 0 saturated carbocycles. The van der Waals surface area contributed by atoms with Gasteiger partial charge in [0.05, 0.1) is 5.69 Å². The fourth-order valence-corrected chi connectivity index (χ4v) is 2.58. The zero-order valence-electron chi connectivity index (χ0n) is 11.8. The van der Waals surface area contributed by atoms with Crippen molar-refractivity contribution < 1.29 is 0 Å². The van der Waals surface area contributed by atoms with Gasteiger partial charge in [-0.15, -0.1) is 10.2 Å². The van der Waals surface area contributed by atoms with Gasteiger partial charge in [-0.05, 0) is 55.5 Å². The summed E-state index contributed by atoms with van der Waals surface area (Å²) in [6.45, 7) is 2.66. The quantitative estimate of drug-likeness (QED) is 0.893. The predicted octanol–water partition coefficient (Wildman–Crippen LogP) is 2.39. The molecule has 1 atom stereocenters. The molecule has 1 aliphatic rings. The highest BCUT2D eigenvalue weighted by molar-refractivity contribution is 5.62. The number of nitrogens with two attached hydrogens (primary N) is 1. The normalized spacial score (nSPS) is 14.9. The van der Waals surface area contributed by atoms with E-state index in [0.717, 1.165) is 17.1 Å². The van der Waals surface area contributed by atoms with Crippen LogP contribution in [0.2, 0.25) is 0 Å². The molecule has 0 bridgehead atoms. The van der Waals surface area contributed by atoms with Crippen LogP contribution in [0, 0.1) is 0 Å². The Bertz CT molecular complexity index is 590. The first-order chi connectivity index (χ1) is 9.72. The topological polar surface area (TPSA) is 63.8 Å². The average molecular weight is 268 g/mol. The van der Waals surface area contributed by atoms with Gasteiger partial charge in [0.2, 0.25) is 0 Å². The van der Waals surface area contributed by atoms with E-state index in [1.165, 1.54) is 30.4 Å². The number of hydrogen-bond donors (Lipinski definition) is 2. The second kappa shape index (κ2) is 5.59. The largest absolute Gasteiger partial charge is 0.367 e. The van der Waals surface area contributed by atoms with E-state index in [1.807, 2.05) is 19.1 Å². The number of nitrogens with zero attached hydrogens (tertiary/aromatic N) is 2. The van der Waals surface area contributed by atoms with E-state index in [0.29, 0.717) is 6.54 Å². The third-order valence-corrected chi connectivity index (χ3v) is 3.66. The molecule has 1 heterocycles. The Morgan fingerprint density at radius 3 is 2.75 bits per heavy atom. The van der Waals surface area contributed by atoms with E-state index in [1.54, 1.807) is 0 Å². The summed E-state index contributed by atoms with van der Waals surface area (Å²) < 4.78 is 0. The average Bonchev–Trinajstić information content (AvgIpc) is 2.93. The maximum atomic E-state index is 5.70. The summed E-state index contributed by atoms with van der Waals surface area (Å²) in [6, 6.07) is 10.7. The van der Waals surface area contributed by atoms with Gasteiger partial charge in [0.1, 0.15) is 5.82 Å². The lowest BCUT2D eigenvalue weighted by atomic mass is 10.0. The number of aromatic nitrogens is 2. The van der Waals surface area contributed by atoms with E-state index < -0.39 is 0 Å².